The van der Waals surface area contributed by atoms with Gasteiger partial charge in [-0.1, -0.05) is 68.8 Å². The Bertz CT molecular complexity index is 2660. The van der Waals surface area contributed by atoms with Crippen LogP contribution in [0.4, 0.5) is 0 Å². The van der Waals surface area contributed by atoms with Crippen molar-refractivity contribution in [3.05, 3.63) is 104 Å². The van der Waals surface area contributed by atoms with E-state index in [2.05, 4.69) is 45.0 Å². The van der Waals surface area contributed by atoms with Gasteiger partial charge < -0.3 is 39.8 Å². The van der Waals surface area contributed by atoms with Crippen LogP contribution in [0.3, 0.4) is 0 Å². The van der Waals surface area contributed by atoms with Gasteiger partial charge in [0.1, 0.15) is 35.6 Å². The Morgan fingerprint density at radius 2 is 1.49 bits per heavy atom. The lowest BCUT2D eigenvalue weighted by molar-refractivity contribution is -0.144. The zero-order valence-corrected chi connectivity index (χ0v) is 43.9. The molecule has 2 aromatic carbocycles. The molecule has 71 heavy (non-hydrogen) atoms. The van der Waals surface area contributed by atoms with Gasteiger partial charge in [0.05, 0.1) is 74.5 Å². The van der Waals surface area contributed by atoms with E-state index >= 15 is 0 Å². The number of fused-ring (bicyclic) bond motifs is 3. The molecule has 4 amide bonds. The minimum Gasteiger partial charge on any atom is -0.377 e. The fraction of sp³-hybridized carbons (Fsp3) is 0.490. The summed E-state index contributed by atoms with van der Waals surface area (Å²) < 4.78 is 24.5. The molecule has 1 saturated heterocycles. The zero-order chi connectivity index (χ0) is 50.7. The third-order valence-electron chi connectivity index (χ3n) is 12.3. The second-order valence-corrected chi connectivity index (χ2v) is 21.1. The number of nitrogens with zero attached hydrogens (tertiary/aromatic N) is 6. The monoisotopic (exact) mass is 1030 g/mol. The van der Waals surface area contributed by atoms with Gasteiger partial charge in [-0.15, -0.1) is 32.9 Å². The van der Waals surface area contributed by atoms with E-state index in [-0.39, 0.29) is 44.0 Å². The zero-order valence-electron chi connectivity index (χ0n) is 41.5. The number of nitrogens with one attached hydrogen (secondary N) is 3. The van der Waals surface area contributed by atoms with Crippen LogP contribution in [0, 0.1) is 33.1 Å². The highest BCUT2D eigenvalue weighted by Crippen LogP contribution is 2.40. The normalized spacial score (nSPS) is 15.9. The van der Waals surface area contributed by atoms with Crippen LogP contribution in [0.2, 0.25) is 5.02 Å². The molecule has 1 fully saturated rings. The quantitative estimate of drug-likeness (QED) is 0.0593. The largest absolute Gasteiger partial charge is 0.377 e. The van der Waals surface area contributed by atoms with E-state index in [1.165, 1.54) is 4.88 Å². The molecule has 0 radical (unpaired) electrons. The first-order valence-electron chi connectivity index (χ1n) is 23.9. The fourth-order valence-corrected chi connectivity index (χ4v) is 10.6. The first-order valence-corrected chi connectivity index (χ1v) is 26.0. The molecule has 20 heteroatoms. The number of aryl methyl sites for hydroxylation is 3. The van der Waals surface area contributed by atoms with Crippen molar-refractivity contribution in [3.8, 4) is 15.4 Å². The molecule has 3 aromatic heterocycles. The Hall–Kier alpha value is -5.41. The van der Waals surface area contributed by atoms with Gasteiger partial charge >= 0.3 is 0 Å². The Balaban J connectivity index is 0.745. The van der Waals surface area contributed by atoms with Crippen LogP contribution in [0.25, 0.3) is 15.4 Å². The van der Waals surface area contributed by atoms with Crippen molar-refractivity contribution in [2.75, 3.05) is 65.9 Å². The van der Waals surface area contributed by atoms with Crippen LogP contribution < -0.4 is 16.0 Å². The highest BCUT2D eigenvalue weighted by atomic mass is 35.5. The van der Waals surface area contributed by atoms with Crippen LogP contribution in [-0.2, 0) is 44.7 Å². The van der Waals surface area contributed by atoms with Gasteiger partial charge in [-0.25, -0.2) is 4.98 Å². The summed E-state index contributed by atoms with van der Waals surface area (Å²) in [5.74, 6) is 0.220. The van der Waals surface area contributed by atoms with Gasteiger partial charge in [0.2, 0.25) is 23.6 Å². The summed E-state index contributed by atoms with van der Waals surface area (Å²) in [6, 6.07) is 13.6. The van der Waals surface area contributed by atoms with Crippen LogP contribution in [0.5, 0.6) is 0 Å². The Kier molecular flexibility index (Phi) is 18.7. The third kappa shape index (κ3) is 13.8. The molecule has 5 aromatic rings. The summed E-state index contributed by atoms with van der Waals surface area (Å²) in [7, 11) is 0. The van der Waals surface area contributed by atoms with Crippen LogP contribution in [-0.4, -0.2) is 132 Å². The minimum absolute atomic E-state index is 0.0808. The summed E-state index contributed by atoms with van der Waals surface area (Å²) in [4.78, 5) is 66.9. The second kappa shape index (κ2) is 24.8. The summed E-state index contributed by atoms with van der Waals surface area (Å²) in [5, 5.41) is 19.3. The average Bonchev–Trinajstić information content (AvgIpc) is 4.14. The Morgan fingerprint density at radius 3 is 2.15 bits per heavy atom. The number of thiazole rings is 1. The lowest BCUT2D eigenvalue weighted by atomic mass is 9.85. The first kappa shape index (κ1) is 53.4. The molecular formula is C51H64ClN9O8S2. The van der Waals surface area contributed by atoms with Gasteiger partial charge in [-0.3, -0.25) is 28.7 Å². The molecule has 0 aliphatic carbocycles. The van der Waals surface area contributed by atoms with E-state index in [0.29, 0.717) is 76.4 Å². The van der Waals surface area contributed by atoms with E-state index in [9.17, 15) is 19.2 Å². The van der Waals surface area contributed by atoms with Crippen LogP contribution in [0.1, 0.15) is 90.5 Å². The van der Waals surface area contributed by atoms with Crippen molar-refractivity contribution in [3.63, 3.8) is 0 Å². The minimum atomic E-state index is -0.855. The SMILES string of the molecule is Cc1ncsc1-c1ccc(CNC(=O)C2CCCN2C(=O)C(NC(=O)COCCOCCOCCOCCNC(=O)CC2N=C(c3ccc(Cl)cc3)c3c(sc(C)c3C)-n3c(C)nnc32)C(C)(C)C)cc1. The fourth-order valence-electron chi connectivity index (χ4n) is 8.45. The number of hydrogen-bond donors (Lipinski definition) is 3. The van der Waals surface area contributed by atoms with Crippen molar-refractivity contribution < 1.29 is 38.1 Å². The van der Waals surface area contributed by atoms with Crippen molar-refractivity contribution in [2.24, 2.45) is 10.4 Å². The topological polar surface area (TPSA) is 200 Å². The van der Waals surface area contributed by atoms with Crippen LogP contribution in [0.15, 0.2) is 59.0 Å². The first-order chi connectivity index (χ1) is 34.1. The maximum absolute atomic E-state index is 13.9. The molecular weight excluding hydrogens is 966 g/mol. The summed E-state index contributed by atoms with van der Waals surface area (Å²) in [6.07, 6.45) is 1.32. The number of carbonyl (C=O) groups is 4. The summed E-state index contributed by atoms with van der Waals surface area (Å²) >= 11 is 9.48. The van der Waals surface area contributed by atoms with Gasteiger partial charge in [-0.05, 0) is 74.8 Å². The van der Waals surface area contributed by atoms with E-state index in [4.69, 9.17) is 35.5 Å². The molecule has 17 nitrogen and oxygen atoms in total. The molecule has 0 spiro atoms. The number of aromatic nitrogens is 4. The predicted octanol–water partition coefficient (Wildman–Crippen LogP) is 6.64. The van der Waals surface area contributed by atoms with Crippen molar-refractivity contribution >= 4 is 63.6 Å². The number of ether oxygens (including phenoxy) is 4. The Labute approximate surface area is 428 Å². The lowest BCUT2D eigenvalue weighted by Crippen LogP contribution is -2.58. The molecule has 0 saturated carbocycles. The number of carbonyl (C=O) groups excluding carboxylic acids is 4. The number of benzene rings is 2. The van der Waals surface area contributed by atoms with E-state index in [1.807, 2.05) is 93.2 Å². The number of hydrogen-bond acceptors (Lipinski definition) is 14. The third-order valence-corrected chi connectivity index (χ3v) is 14.8. The van der Waals surface area contributed by atoms with Gasteiger partial charge in [0, 0.05) is 40.7 Å². The maximum atomic E-state index is 13.9. The van der Waals surface area contributed by atoms with Gasteiger partial charge in [-0.2, -0.15) is 0 Å². The van der Waals surface area contributed by atoms with Crippen molar-refractivity contribution in [2.45, 2.75) is 92.4 Å². The lowest BCUT2D eigenvalue weighted by Gasteiger charge is -2.35. The highest BCUT2D eigenvalue weighted by Gasteiger charge is 2.42. The molecule has 3 atom stereocenters. The molecule has 3 unspecified atom stereocenters. The summed E-state index contributed by atoms with van der Waals surface area (Å²) in [6.45, 7) is 16.6. The van der Waals surface area contributed by atoms with Crippen molar-refractivity contribution in [1.82, 2.24) is 40.6 Å². The molecule has 380 valence electrons. The number of amides is 4. The van der Waals surface area contributed by atoms with E-state index < -0.39 is 29.4 Å². The molecule has 2 aliphatic rings. The molecule has 0 bridgehead atoms. The average molecular weight is 1030 g/mol. The predicted molar refractivity (Wildman–Crippen MR) is 274 cm³/mol. The summed E-state index contributed by atoms with van der Waals surface area (Å²) in [5.41, 5.74) is 8.05. The molecule has 2 aliphatic heterocycles. The molecule has 3 N–H and O–H groups in total. The van der Waals surface area contributed by atoms with Gasteiger partial charge in [0.15, 0.2) is 5.82 Å². The number of likely N-dealkylation sites (tertiary alicyclic amines) is 1. The van der Waals surface area contributed by atoms with E-state index in [1.54, 1.807) is 27.6 Å². The smallest absolute Gasteiger partial charge is 0.246 e. The number of rotatable bonds is 23. The number of aliphatic imine (C=N–C) groups is 1. The number of thiophene rings is 1. The van der Waals surface area contributed by atoms with Gasteiger partial charge in [0.25, 0.3) is 0 Å². The van der Waals surface area contributed by atoms with Crippen LogP contribution >= 0.6 is 34.3 Å². The standard InChI is InChI=1S/C51H64ClN9O8S2/c1-31-33(3)71-50-43(31)44(36-14-16-38(52)17-15-36)56-39(47-59-58-34(4)61(47)50)27-41(62)53-18-20-66-21-22-67-23-24-68-25-26-69-29-42(63)57-46(51(5,6)7)49(65)60-19-8-9-40(60)48(64)54-28-35-10-12-37(13-11-35)45-32(2)55-30-70-45/h10-17,30,39-40,46H,8-9,18-29H2,1-7H3,(H,53,62)(H,54,64)(H,57,63). The number of halogens is 1. The molecule has 7 rings (SSSR count). The Morgan fingerprint density at radius 1 is 0.831 bits per heavy atom. The highest BCUT2D eigenvalue weighted by molar-refractivity contribution is 7.15. The maximum Gasteiger partial charge on any atom is 0.246 e. The molecule has 5 heterocycles. The second-order valence-electron chi connectivity index (χ2n) is 18.6. The van der Waals surface area contributed by atoms with Crippen molar-refractivity contribution in [1.29, 1.82) is 0 Å². The van der Waals surface area contributed by atoms with E-state index in [0.717, 1.165) is 54.9 Å².